The van der Waals surface area contributed by atoms with E-state index in [-0.39, 0.29) is 17.8 Å². The highest BCUT2D eigenvalue weighted by molar-refractivity contribution is 5.96. The predicted molar refractivity (Wildman–Crippen MR) is 86.6 cm³/mol. The van der Waals surface area contributed by atoms with Gasteiger partial charge in [-0.25, -0.2) is 4.39 Å². The Morgan fingerprint density at radius 3 is 2.86 bits per heavy atom. The summed E-state index contributed by atoms with van der Waals surface area (Å²) in [7, 11) is 0. The molecule has 1 unspecified atom stereocenters. The number of hydrogen-bond acceptors (Lipinski definition) is 2. The predicted octanol–water partition coefficient (Wildman–Crippen LogP) is 3.61. The number of nitrogens with zero attached hydrogens (tertiary/aromatic N) is 1. The van der Waals surface area contributed by atoms with Gasteiger partial charge in [0.05, 0.1) is 0 Å². The molecule has 1 aliphatic rings. The van der Waals surface area contributed by atoms with Crippen LogP contribution in [-0.2, 0) is 11.2 Å². The maximum Gasteiger partial charge on any atom is 0.246 e. The molecule has 1 aliphatic heterocycles. The van der Waals surface area contributed by atoms with Crippen LogP contribution in [0.2, 0.25) is 0 Å². The van der Waals surface area contributed by atoms with Gasteiger partial charge in [0.2, 0.25) is 5.91 Å². The fourth-order valence-corrected chi connectivity index (χ4v) is 2.92. The molecule has 1 N–H and O–H groups in total. The number of benzene rings is 2. The summed E-state index contributed by atoms with van der Waals surface area (Å²) in [6, 6.07) is 13.9. The van der Waals surface area contributed by atoms with Crippen LogP contribution in [0.25, 0.3) is 0 Å². The lowest BCUT2D eigenvalue weighted by Crippen LogP contribution is -2.44. The summed E-state index contributed by atoms with van der Waals surface area (Å²) < 4.78 is 13.2. The zero-order valence-electron chi connectivity index (χ0n) is 12.6. The van der Waals surface area contributed by atoms with Gasteiger partial charge in [-0.3, -0.25) is 4.79 Å². The molecule has 0 fully saturated rings. The second-order valence-corrected chi connectivity index (χ2v) is 5.60. The topological polar surface area (TPSA) is 32.3 Å². The van der Waals surface area contributed by atoms with Crippen molar-refractivity contribution in [3.8, 4) is 0 Å². The number of nitrogens with one attached hydrogen (secondary N) is 1. The van der Waals surface area contributed by atoms with Crippen LogP contribution in [0.1, 0.15) is 18.9 Å². The molecule has 1 amide bonds. The highest BCUT2D eigenvalue weighted by Gasteiger charge is 2.25. The molecule has 0 bridgehead atoms. The van der Waals surface area contributed by atoms with Crippen LogP contribution in [0.5, 0.6) is 0 Å². The molecule has 22 heavy (non-hydrogen) atoms. The molecule has 3 nitrogen and oxygen atoms in total. The summed E-state index contributed by atoms with van der Waals surface area (Å²) in [5.41, 5.74) is 2.89. The third kappa shape index (κ3) is 2.96. The second-order valence-electron chi connectivity index (χ2n) is 5.60. The highest BCUT2D eigenvalue weighted by atomic mass is 19.1. The molecular formula is C18H19FN2O. The fraction of sp³-hybridized carbons (Fsp3) is 0.278. The third-order valence-corrected chi connectivity index (χ3v) is 4.09. The van der Waals surface area contributed by atoms with Crippen LogP contribution in [0.4, 0.5) is 15.8 Å². The lowest BCUT2D eigenvalue weighted by Gasteiger charge is -2.35. The number of para-hydroxylation sites is 1. The van der Waals surface area contributed by atoms with Crippen LogP contribution in [0, 0.1) is 5.82 Å². The van der Waals surface area contributed by atoms with Gasteiger partial charge < -0.3 is 10.2 Å². The summed E-state index contributed by atoms with van der Waals surface area (Å²) in [5, 5.41) is 2.79. The summed E-state index contributed by atoms with van der Waals surface area (Å²) in [6.45, 7) is 2.74. The van der Waals surface area contributed by atoms with E-state index < -0.39 is 0 Å². The molecular weight excluding hydrogens is 279 g/mol. The first kappa shape index (κ1) is 14.6. The molecule has 0 saturated carbocycles. The largest absolute Gasteiger partial charge is 0.360 e. The normalized spacial score (nSPS) is 15.1. The lowest BCUT2D eigenvalue weighted by molar-refractivity contribution is -0.117. The van der Waals surface area contributed by atoms with Crippen molar-refractivity contribution in [2.75, 3.05) is 16.8 Å². The van der Waals surface area contributed by atoms with Crippen LogP contribution in [0.15, 0.2) is 48.5 Å². The van der Waals surface area contributed by atoms with Gasteiger partial charge in [-0.15, -0.1) is 0 Å². The minimum absolute atomic E-state index is 0.123. The van der Waals surface area contributed by atoms with Gasteiger partial charge >= 0.3 is 0 Å². The quantitative estimate of drug-likeness (QED) is 0.939. The molecule has 2 aromatic carbocycles. The second kappa shape index (κ2) is 6.18. The van der Waals surface area contributed by atoms with E-state index in [4.69, 9.17) is 0 Å². The Kier molecular flexibility index (Phi) is 4.09. The summed E-state index contributed by atoms with van der Waals surface area (Å²) in [6.07, 6.45) is 2.08. The van der Waals surface area contributed by atoms with Crippen LogP contribution >= 0.6 is 0 Å². The van der Waals surface area contributed by atoms with Gasteiger partial charge in [0.25, 0.3) is 0 Å². The first-order valence-electron chi connectivity index (χ1n) is 7.56. The average molecular weight is 298 g/mol. The van der Waals surface area contributed by atoms with E-state index in [9.17, 15) is 9.18 Å². The number of hydrogen-bond donors (Lipinski definition) is 1. The van der Waals surface area contributed by atoms with Crippen molar-refractivity contribution in [3.05, 3.63) is 59.9 Å². The van der Waals surface area contributed by atoms with Gasteiger partial charge in [0.1, 0.15) is 11.9 Å². The zero-order chi connectivity index (χ0) is 15.5. The maximum absolute atomic E-state index is 13.2. The first-order valence-corrected chi connectivity index (χ1v) is 7.56. The van der Waals surface area contributed by atoms with Crippen molar-refractivity contribution >= 4 is 17.3 Å². The number of carbonyl (C=O) groups excluding carboxylic acids is 1. The van der Waals surface area contributed by atoms with Gasteiger partial charge in [-0.1, -0.05) is 24.3 Å². The van der Waals surface area contributed by atoms with E-state index in [1.165, 1.54) is 17.7 Å². The molecule has 0 spiro atoms. The van der Waals surface area contributed by atoms with Crippen molar-refractivity contribution in [2.24, 2.45) is 0 Å². The number of aryl methyl sites for hydroxylation is 1. The van der Waals surface area contributed by atoms with E-state index >= 15 is 0 Å². The van der Waals surface area contributed by atoms with Gasteiger partial charge in [-0.2, -0.15) is 0 Å². The van der Waals surface area contributed by atoms with Gasteiger partial charge in [0, 0.05) is 17.9 Å². The molecule has 0 radical (unpaired) electrons. The Labute approximate surface area is 129 Å². The first-order chi connectivity index (χ1) is 10.6. The Hall–Kier alpha value is -2.36. The Morgan fingerprint density at radius 1 is 1.23 bits per heavy atom. The van der Waals surface area contributed by atoms with Crippen molar-refractivity contribution in [3.63, 3.8) is 0 Å². The molecule has 4 heteroatoms. The summed E-state index contributed by atoms with van der Waals surface area (Å²) in [5.74, 6) is -0.476. The van der Waals surface area contributed by atoms with E-state index in [2.05, 4.69) is 22.3 Å². The summed E-state index contributed by atoms with van der Waals surface area (Å²) in [4.78, 5) is 14.6. The standard InChI is InChI=1S/C18H19FN2O/c1-13(18(22)20-16-9-4-8-15(19)12-16)21-11-5-7-14-6-2-3-10-17(14)21/h2-4,6,8-10,12-13H,5,7,11H2,1H3,(H,20,22). The number of carbonyl (C=O) groups is 1. The molecule has 0 aliphatic carbocycles. The number of rotatable bonds is 3. The van der Waals surface area contributed by atoms with Gasteiger partial charge in [0.15, 0.2) is 0 Å². The zero-order valence-corrected chi connectivity index (χ0v) is 12.6. The Balaban J connectivity index is 1.77. The van der Waals surface area contributed by atoms with Crippen molar-refractivity contribution in [1.82, 2.24) is 0 Å². The van der Waals surface area contributed by atoms with Crippen LogP contribution in [0.3, 0.4) is 0 Å². The number of anilines is 2. The van der Waals surface area contributed by atoms with E-state index in [1.807, 2.05) is 19.1 Å². The van der Waals surface area contributed by atoms with Crippen LogP contribution < -0.4 is 10.2 Å². The smallest absolute Gasteiger partial charge is 0.246 e. The van der Waals surface area contributed by atoms with Crippen molar-refractivity contribution in [2.45, 2.75) is 25.8 Å². The molecule has 2 aromatic rings. The Bertz CT molecular complexity index is 686. The number of halogens is 1. The minimum Gasteiger partial charge on any atom is -0.360 e. The number of fused-ring (bicyclic) bond motifs is 1. The average Bonchev–Trinajstić information content (AvgIpc) is 2.53. The number of amides is 1. The SMILES string of the molecule is CC(C(=O)Nc1cccc(F)c1)N1CCCc2ccccc21. The third-order valence-electron chi connectivity index (χ3n) is 4.09. The van der Waals surface area contributed by atoms with Gasteiger partial charge in [-0.05, 0) is 49.6 Å². The lowest BCUT2D eigenvalue weighted by atomic mass is 10.00. The van der Waals surface area contributed by atoms with Crippen molar-refractivity contribution in [1.29, 1.82) is 0 Å². The molecule has 0 saturated heterocycles. The highest BCUT2D eigenvalue weighted by Crippen LogP contribution is 2.28. The maximum atomic E-state index is 13.2. The van der Waals surface area contributed by atoms with Crippen molar-refractivity contribution < 1.29 is 9.18 Å². The fourth-order valence-electron chi connectivity index (χ4n) is 2.92. The van der Waals surface area contributed by atoms with E-state index in [0.29, 0.717) is 5.69 Å². The molecule has 1 heterocycles. The van der Waals surface area contributed by atoms with E-state index in [0.717, 1.165) is 25.1 Å². The molecule has 3 rings (SSSR count). The Morgan fingerprint density at radius 2 is 2.05 bits per heavy atom. The molecule has 1 atom stereocenters. The molecule has 114 valence electrons. The van der Waals surface area contributed by atoms with E-state index in [1.54, 1.807) is 12.1 Å². The minimum atomic E-state index is -0.353. The molecule has 0 aromatic heterocycles. The van der Waals surface area contributed by atoms with Crippen LogP contribution in [-0.4, -0.2) is 18.5 Å². The summed E-state index contributed by atoms with van der Waals surface area (Å²) >= 11 is 0. The monoisotopic (exact) mass is 298 g/mol.